The molecule has 1 saturated carbocycles. The summed E-state index contributed by atoms with van der Waals surface area (Å²) in [6, 6.07) is 1.21. The van der Waals surface area contributed by atoms with E-state index < -0.39 is 23.4 Å². The van der Waals surface area contributed by atoms with Crippen molar-refractivity contribution in [1.82, 2.24) is 0 Å². The molecule has 2 rings (SSSR count). The van der Waals surface area contributed by atoms with Crippen molar-refractivity contribution >= 4 is 0 Å². The van der Waals surface area contributed by atoms with Gasteiger partial charge in [-0.05, 0) is 24.7 Å². The smallest absolute Gasteiger partial charge is 0.422 e. The third-order valence-corrected chi connectivity index (χ3v) is 4.45. The summed E-state index contributed by atoms with van der Waals surface area (Å²) in [4.78, 5) is 0. The Balaban J connectivity index is 1.92. The van der Waals surface area contributed by atoms with Crippen molar-refractivity contribution in [2.45, 2.75) is 51.6 Å². The summed E-state index contributed by atoms with van der Waals surface area (Å²) in [5, 5.41) is 0. The van der Waals surface area contributed by atoms with Crippen LogP contribution in [0.25, 0.3) is 0 Å². The number of hydrogen-bond donors (Lipinski definition) is 0. The average Bonchev–Trinajstić information content (AvgIpc) is 2.44. The van der Waals surface area contributed by atoms with Crippen molar-refractivity contribution in [2.24, 2.45) is 11.8 Å². The van der Waals surface area contributed by atoms with Crippen molar-refractivity contribution in [3.05, 3.63) is 29.3 Å². The molecule has 0 aliphatic heterocycles. The van der Waals surface area contributed by atoms with E-state index in [1.165, 1.54) is 6.42 Å². The van der Waals surface area contributed by atoms with E-state index in [4.69, 9.17) is 4.74 Å². The largest absolute Gasteiger partial charge is 0.493 e. The van der Waals surface area contributed by atoms with Crippen molar-refractivity contribution in [3.8, 4) is 5.75 Å². The molecule has 0 amide bonds. The minimum absolute atomic E-state index is 0.191. The lowest BCUT2D eigenvalue weighted by Gasteiger charge is -2.28. The first-order valence-corrected chi connectivity index (χ1v) is 8.00. The molecular weight excluding hydrogens is 315 g/mol. The number of hydrogen-bond acceptors (Lipinski definition) is 1. The summed E-state index contributed by atoms with van der Waals surface area (Å²) in [5.74, 6) is -2.45. The molecule has 1 aromatic carbocycles. The van der Waals surface area contributed by atoms with Crippen LogP contribution < -0.4 is 4.74 Å². The molecule has 0 heterocycles. The van der Waals surface area contributed by atoms with Crippen LogP contribution in [0, 0.1) is 23.5 Å². The molecule has 0 unspecified atom stereocenters. The summed E-state index contributed by atoms with van der Waals surface area (Å²) >= 11 is 0. The van der Waals surface area contributed by atoms with Gasteiger partial charge in [0.2, 0.25) is 0 Å². The molecule has 1 fully saturated rings. The van der Waals surface area contributed by atoms with Crippen LogP contribution in [0.1, 0.15) is 51.0 Å². The molecular formula is C17H21F5O. The summed E-state index contributed by atoms with van der Waals surface area (Å²) in [6.07, 6.45) is 1.50. The van der Waals surface area contributed by atoms with Gasteiger partial charge in [0.15, 0.2) is 0 Å². The Morgan fingerprint density at radius 1 is 1.00 bits per heavy atom. The quantitative estimate of drug-likeness (QED) is 0.602. The van der Waals surface area contributed by atoms with Gasteiger partial charge in [0.25, 0.3) is 0 Å². The Kier molecular flexibility index (Phi) is 5.87. The van der Waals surface area contributed by atoms with Gasteiger partial charge in [0.05, 0.1) is 6.61 Å². The predicted molar refractivity (Wildman–Crippen MR) is 77.2 cm³/mol. The molecule has 0 bridgehead atoms. The first kappa shape index (κ1) is 18.0. The first-order chi connectivity index (χ1) is 10.8. The molecule has 0 atom stereocenters. The molecule has 1 aromatic rings. The number of ether oxygens (including phenoxy) is 1. The highest BCUT2D eigenvalue weighted by Crippen LogP contribution is 2.36. The standard InChI is InChI=1S/C17H21F5O/c1-2-3-11-4-6-12(7-5-11)10-23-13-8-14(18)16(15(19)9-13)17(20,21)22/h8-9,11-12H,2-7,10H2,1H3. The van der Waals surface area contributed by atoms with Gasteiger partial charge in [0, 0.05) is 12.1 Å². The van der Waals surface area contributed by atoms with E-state index in [0.29, 0.717) is 12.1 Å². The van der Waals surface area contributed by atoms with Gasteiger partial charge < -0.3 is 4.74 Å². The Morgan fingerprint density at radius 2 is 1.52 bits per heavy atom. The molecule has 0 saturated heterocycles. The number of halogens is 5. The van der Waals surface area contributed by atoms with Gasteiger partial charge in [-0.15, -0.1) is 0 Å². The predicted octanol–water partition coefficient (Wildman–Crippen LogP) is 5.97. The maximum absolute atomic E-state index is 13.5. The second-order valence-electron chi connectivity index (χ2n) is 6.25. The third-order valence-electron chi connectivity index (χ3n) is 4.45. The second-order valence-corrected chi connectivity index (χ2v) is 6.25. The number of benzene rings is 1. The van der Waals surface area contributed by atoms with Crippen molar-refractivity contribution < 1.29 is 26.7 Å². The lowest BCUT2D eigenvalue weighted by Crippen LogP contribution is -2.20. The lowest BCUT2D eigenvalue weighted by molar-refractivity contribution is -0.142. The van der Waals surface area contributed by atoms with Crippen LogP contribution in [-0.4, -0.2) is 6.61 Å². The third kappa shape index (κ3) is 4.82. The van der Waals surface area contributed by atoms with Crippen LogP contribution in [0.5, 0.6) is 5.75 Å². The maximum Gasteiger partial charge on any atom is 0.422 e. The first-order valence-electron chi connectivity index (χ1n) is 8.00. The molecule has 1 aliphatic carbocycles. The van der Waals surface area contributed by atoms with E-state index in [9.17, 15) is 22.0 Å². The van der Waals surface area contributed by atoms with Crippen molar-refractivity contribution in [2.75, 3.05) is 6.61 Å². The number of rotatable bonds is 5. The second kappa shape index (κ2) is 7.49. The molecule has 0 spiro atoms. The zero-order valence-corrected chi connectivity index (χ0v) is 13.1. The Morgan fingerprint density at radius 3 is 2.00 bits per heavy atom. The van der Waals surface area contributed by atoms with Gasteiger partial charge in [0.1, 0.15) is 22.9 Å². The van der Waals surface area contributed by atoms with Gasteiger partial charge in [-0.1, -0.05) is 32.6 Å². The van der Waals surface area contributed by atoms with E-state index >= 15 is 0 Å². The molecule has 130 valence electrons. The van der Waals surface area contributed by atoms with Crippen molar-refractivity contribution in [3.63, 3.8) is 0 Å². The lowest BCUT2D eigenvalue weighted by atomic mass is 9.80. The summed E-state index contributed by atoms with van der Waals surface area (Å²) in [6.45, 7) is 2.44. The zero-order valence-electron chi connectivity index (χ0n) is 13.1. The fourth-order valence-corrected chi connectivity index (χ4v) is 3.21. The van der Waals surface area contributed by atoms with Gasteiger partial charge >= 0.3 is 6.18 Å². The van der Waals surface area contributed by atoms with Gasteiger partial charge in [-0.25, -0.2) is 8.78 Å². The zero-order chi connectivity index (χ0) is 17.0. The van der Waals surface area contributed by atoms with Crippen molar-refractivity contribution in [1.29, 1.82) is 0 Å². The topological polar surface area (TPSA) is 9.23 Å². The SMILES string of the molecule is CCCC1CCC(COc2cc(F)c(C(F)(F)F)c(F)c2)CC1. The summed E-state index contributed by atoms with van der Waals surface area (Å²) in [7, 11) is 0. The van der Waals surface area contributed by atoms with E-state index in [2.05, 4.69) is 6.92 Å². The van der Waals surface area contributed by atoms with Crippen LogP contribution in [-0.2, 0) is 6.18 Å². The average molecular weight is 336 g/mol. The minimum atomic E-state index is -5.05. The molecule has 0 N–H and O–H groups in total. The summed E-state index contributed by atoms with van der Waals surface area (Å²) in [5.41, 5.74) is -1.87. The maximum atomic E-state index is 13.5. The molecule has 6 heteroatoms. The fourth-order valence-electron chi connectivity index (χ4n) is 3.21. The van der Waals surface area contributed by atoms with Crippen LogP contribution in [0.2, 0.25) is 0 Å². The Bertz CT molecular complexity index is 495. The molecule has 0 aromatic heterocycles. The number of alkyl halides is 3. The van der Waals surface area contributed by atoms with Crippen LogP contribution in [0.3, 0.4) is 0 Å². The highest BCUT2D eigenvalue weighted by Gasteiger charge is 2.38. The molecule has 1 aliphatic rings. The van der Waals surface area contributed by atoms with Crippen LogP contribution in [0.15, 0.2) is 12.1 Å². The Labute approximate surface area is 132 Å². The van der Waals surface area contributed by atoms with Gasteiger partial charge in [-0.2, -0.15) is 13.2 Å². The molecule has 23 heavy (non-hydrogen) atoms. The Hall–Kier alpha value is -1.33. The van der Waals surface area contributed by atoms with Crippen LogP contribution in [0.4, 0.5) is 22.0 Å². The van der Waals surface area contributed by atoms with E-state index in [0.717, 1.165) is 38.0 Å². The van der Waals surface area contributed by atoms with E-state index in [-0.39, 0.29) is 18.3 Å². The van der Waals surface area contributed by atoms with Gasteiger partial charge in [-0.3, -0.25) is 0 Å². The molecule has 1 nitrogen and oxygen atoms in total. The highest BCUT2D eigenvalue weighted by atomic mass is 19.4. The minimum Gasteiger partial charge on any atom is -0.493 e. The van der Waals surface area contributed by atoms with Crippen LogP contribution >= 0.6 is 0 Å². The fraction of sp³-hybridized carbons (Fsp3) is 0.647. The normalized spacial score (nSPS) is 22.2. The van der Waals surface area contributed by atoms with E-state index in [1.807, 2.05) is 0 Å². The monoisotopic (exact) mass is 336 g/mol. The summed E-state index contributed by atoms with van der Waals surface area (Å²) < 4.78 is 69.7. The van der Waals surface area contributed by atoms with E-state index in [1.54, 1.807) is 0 Å². The highest BCUT2D eigenvalue weighted by molar-refractivity contribution is 5.32. The molecule has 0 radical (unpaired) electrons.